The summed E-state index contributed by atoms with van der Waals surface area (Å²) in [5.41, 5.74) is 1.12. The van der Waals surface area contributed by atoms with Gasteiger partial charge in [0.15, 0.2) is 0 Å². The van der Waals surface area contributed by atoms with E-state index in [0.29, 0.717) is 12.0 Å². The van der Waals surface area contributed by atoms with Gasteiger partial charge in [0.2, 0.25) is 0 Å². The van der Waals surface area contributed by atoms with E-state index in [-0.39, 0.29) is 6.61 Å². The number of aliphatic hydroxyl groups excluding tert-OH is 1. The van der Waals surface area contributed by atoms with Crippen LogP contribution in [0.1, 0.15) is 50.8 Å². The van der Waals surface area contributed by atoms with E-state index in [2.05, 4.69) is 34.3 Å². The van der Waals surface area contributed by atoms with Gasteiger partial charge in [-0.3, -0.25) is 4.68 Å². The van der Waals surface area contributed by atoms with Crippen LogP contribution in [0, 0.1) is 5.92 Å². The van der Waals surface area contributed by atoms with Crippen molar-refractivity contribution < 1.29 is 5.11 Å². The highest BCUT2D eigenvalue weighted by molar-refractivity contribution is 4.99. The molecule has 1 unspecified atom stereocenters. The monoisotopic (exact) mass is 251 g/mol. The molecule has 0 aliphatic heterocycles. The standard InChI is InChI=1S/C14H25N3O/c1-12(7-9-18)10-15-11-13-6-8-17(16-13)14-4-2-3-5-14/h6,8,12,14-15,18H,2-5,7,9-11H2,1H3. The molecule has 1 saturated carbocycles. The number of aliphatic hydroxyl groups is 1. The predicted octanol–water partition coefficient (Wildman–Crippen LogP) is 2.11. The number of nitrogens with zero attached hydrogens (tertiary/aromatic N) is 2. The Hall–Kier alpha value is -0.870. The Labute approximate surface area is 109 Å². The lowest BCUT2D eigenvalue weighted by atomic mass is 10.1. The molecular weight excluding hydrogens is 226 g/mol. The molecule has 2 N–H and O–H groups in total. The molecule has 0 amide bonds. The Balaban J connectivity index is 1.73. The number of hydrogen-bond donors (Lipinski definition) is 2. The highest BCUT2D eigenvalue weighted by Gasteiger charge is 2.17. The maximum Gasteiger partial charge on any atom is 0.0762 e. The van der Waals surface area contributed by atoms with Crippen LogP contribution < -0.4 is 5.32 Å². The van der Waals surface area contributed by atoms with Crippen LogP contribution in [0.2, 0.25) is 0 Å². The van der Waals surface area contributed by atoms with Crippen molar-refractivity contribution >= 4 is 0 Å². The van der Waals surface area contributed by atoms with Crippen molar-refractivity contribution in [3.05, 3.63) is 18.0 Å². The summed E-state index contributed by atoms with van der Waals surface area (Å²) in [6.45, 7) is 4.20. The van der Waals surface area contributed by atoms with E-state index in [1.54, 1.807) is 0 Å². The van der Waals surface area contributed by atoms with Crippen molar-refractivity contribution in [2.75, 3.05) is 13.2 Å². The first-order valence-corrected chi connectivity index (χ1v) is 7.15. The summed E-state index contributed by atoms with van der Waals surface area (Å²) in [5, 5.41) is 16.9. The minimum absolute atomic E-state index is 0.277. The van der Waals surface area contributed by atoms with Crippen molar-refractivity contribution in [3.8, 4) is 0 Å². The van der Waals surface area contributed by atoms with E-state index < -0.39 is 0 Å². The van der Waals surface area contributed by atoms with Crippen LogP contribution in [0.3, 0.4) is 0 Å². The number of nitrogens with one attached hydrogen (secondary N) is 1. The minimum Gasteiger partial charge on any atom is -0.396 e. The Kier molecular flexibility index (Phi) is 5.20. The van der Waals surface area contributed by atoms with Crippen molar-refractivity contribution in [1.29, 1.82) is 0 Å². The molecule has 102 valence electrons. The van der Waals surface area contributed by atoms with Crippen LogP contribution in [0.25, 0.3) is 0 Å². The molecule has 1 heterocycles. The number of hydrogen-bond acceptors (Lipinski definition) is 3. The third-order valence-electron chi connectivity index (χ3n) is 3.78. The molecule has 4 heteroatoms. The Morgan fingerprint density at radius 1 is 1.50 bits per heavy atom. The molecule has 1 aromatic heterocycles. The minimum atomic E-state index is 0.277. The summed E-state index contributed by atoms with van der Waals surface area (Å²) in [4.78, 5) is 0. The Morgan fingerprint density at radius 2 is 2.28 bits per heavy atom. The second-order valence-electron chi connectivity index (χ2n) is 5.47. The maximum absolute atomic E-state index is 8.83. The molecule has 18 heavy (non-hydrogen) atoms. The zero-order chi connectivity index (χ0) is 12.8. The van der Waals surface area contributed by atoms with Gasteiger partial charge in [0.05, 0.1) is 11.7 Å². The normalized spacial score (nSPS) is 18.3. The number of aromatic nitrogens is 2. The summed E-state index contributed by atoms with van der Waals surface area (Å²) in [6.07, 6.45) is 8.23. The van der Waals surface area contributed by atoms with Gasteiger partial charge in [-0.05, 0) is 37.8 Å². The topological polar surface area (TPSA) is 50.1 Å². The molecule has 2 rings (SSSR count). The fourth-order valence-corrected chi connectivity index (χ4v) is 2.61. The summed E-state index contributed by atoms with van der Waals surface area (Å²) in [5.74, 6) is 0.520. The van der Waals surface area contributed by atoms with Gasteiger partial charge < -0.3 is 10.4 Å². The Morgan fingerprint density at radius 3 is 3.00 bits per heavy atom. The van der Waals surface area contributed by atoms with Gasteiger partial charge in [-0.25, -0.2) is 0 Å². The summed E-state index contributed by atoms with van der Waals surface area (Å²) < 4.78 is 2.14. The Bertz CT molecular complexity index is 345. The second-order valence-corrected chi connectivity index (χ2v) is 5.47. The van der Waals surface area contributed by atoms with E-state index in [0.717, 1.165) is 25.2 Å². The van der Waals surface area contributed by atoms with Gasteiger partial charge in [0.25, 0.3) is 0 Å². The van der Waals surface area contributed by atoms with Crippen molar-refractivity contribution in [1.82, 2.24) is 15.1 Å². The molecule has 1 aliphatic rings. The first-order valence-electron chi connectivity index (χ1n) is 7.15. The van der Waals surface area contributed by atoms with Crippen molar-refractivity contribution in [2.45, 2.75) is 51.6 Å². The van der Waals surface area contributed by atoms with Gasteiger partial charge in [-0.1, -0.05) is 19.8 Å². The highest BCUT2D eigenvalue weighted by Crippen LogP contribution is 2.28. The quantitative estimate of drug-likeness (QED) is 0.780. The zero-order valence-corrected chi connectivity index (χ0v) is 11.3. The van der Waals surface area contributed by atoms with Crippen LogP contribution in [0.5, 0.6) is 0 Å². The van der Waals surface area contributed by atoms with Crippen LogP contribution >= 0.6 is 0 Å². The molecule has 0 saturated heterocycles. The largest absolute Gasteiger partial charge is 0.396 e. The molecule has 0 aromatic carbocycles. The van der Waals surface area contributed by atoms with Gasteiger partial charge in [0, 0.05) is 19.3 Å². The van der Waals surface area contributed by atoms with E-state index >= 15 is 0 Å². The number of rotatable bonds is 7. The second kappa shape index (κ2) is 6.90. The molecule has 1 aromatic rings. The molecule has 1 atom stereocenters. The van der Waals surface area contributed by atoms with Crippen LogP contribution in [-0.4, -0.2) is 28.0 Å². The average Bonchev–Trinajstić information content (AvgIpc) is 2.99. The summed E-state index contributed by atoms with van der Waals surface area (Å²) in [6, 6.07) is 2.74. The lowest BCUT2D eigenvalue weighted by Crippen LogP contribution is -2.21. The van der Waals surface area contributed by atoms with Crippen molar-refractivity contribution in [2.24, 2.45) is 5.92 Å². The smallest absolute Gasteiger partial charge is 0.0762 e. The molecule has 4 nitrogen and oxygen atoms in total. The lowest BCUT2D eigenvalue weighted by Gasteiger charge is -2.10. The SMILES string of the molecule is CC(CCO)CNCc1ccn(C2CCCC2)n1. The average molecular weight is 251 g/mol. The zero-order valence-electron chi connectivity index (χ0n) is 11.3. The van der Waals surface area contributed by atoms with Gasteiger partial charge in [-0.15, -0.1) is 0 Å². The predicted molar refractivity (Wildman–Crippen MR) is 72.3 cm³/mol. The molecule has 0 radical (unpaired) electrons. The van der Waals surface area contributed by atoms with Gasteiger partial charge in [-0.2, -0.15) is 5.10 Å². The molecular formula is C14H25N3O. The van der Waals surface area contributed by atoms with E-state index in [9.17, 15) is 0 Å². The van der Waals surface area contributed by atoms with E-state index in [4.69, 9.17) is 5.11 Å². The fraction of sp³-hybridized carbons (Fsp3) is 0.786. The van der Waals surface area contributed by atoms with Crippen LogP contribution in [0.4, 0.5) is 0 Å². The maximum atomic E-state index is 8.83. The van der Waals surface area contributed by atoms with E-state index in [1.165, 1.54) is 25.7 Å². The van der Waals surface area contributed by atoms with Gasteiger partial charge >= 0.3 is 0 Å². The first-order chi connectivity index (χ1) is 8.79. The van der Waals surface area contributed by atoms with Crippen LogP contribution in [0.15, 0.2) is 12.3 Å². The van der Waals surface area contributed by atoms with Crippen molar-refractivity contribution in [3.63, 3.8) is 0 Å². The van der Waals surface area contributed by atoms with E-state index in [1.807, 2.05) is 0 Å². The molecule has 0 spiro atoms. The fourth-order valence-electron chi connectivity index (χ4n) is 2.61. The molecule has 0 bridgehead atoms. The first kappa shape index (κ1) is 13.6. The van der Waals surface area contributed by atoms with Crippen LogP contribution in [-0.2, 0) is 6.54 Å². The van der Waals surface area contributed by atoms with Gasteiger partial charge in [0.1, 0.15) is 0 Å². The third kappa shape index (κ3) is 3.82. The third-order valence-corrected chi connectivity index (χ3v) is 3.78. The lowest BCUT2D eigenvalue weighted by molar-refractivity contribution is 0.260. The molecule has 1 fully saturated rings. The highest BCUT2D eigenvalue weighted by atomic mass is 16.3. The summed E-state index contributed by atoms with van der Waals surface area (Å²) >= 11 is 0. The molecule has 1 aliphatic carbocycles. The summed E-state index contributed by atoms with van der Waals surface area (Å²) in [7, 11) is 0.